The number of alkyl halides is 2. The molecular formula is C25H37ClF2N6. The smallest absolute Gasteiger partial charge is 0.281 e. The van der Waals surface area contributed by atoms with Crippen LogP contribution in [-0.4, -0.2) is 25.2 Å². The highest BCUT2D eigenvalue weighted by Crippen LogP contribution is 2.37. The molecule has 0 spiro atoms. The second-order valence-electron chi connectivity index (χ2n) is 8.53. The van der Waals surface area contributed by atoms with Gasteiger partial charge in [-0.05, 0) is 55.9 Å². The van der Waals surface area contributed by atoms with Crippen LogP contribution in [0.5, 0.6) is 0 Å². The maximum atomic E-state index is 13.0. The molecule has 4 rings (SSSR count). The molecule has 0 aromatic carbocycles. The van der Waals surface area contributed by atoms with Crippen LogP contribution < -0.4 is 11.1 Å². The Kier molecular flexibility index (Phi) is 10.8. The van der Waals surface area contributed by atoms with Crippen LogP contribution in [0, 0.1) is 5.92 Å². The van der Waals surface area contributed by atoms with Gasteiger partial charge in [-0.1, -0.05) is 51.9 Å². The molecule has 9 heteroatoms. The van der Waals surface area contributed by atoms with Gasteiger partial charge in [0.1, 0.15) is 17.2 Å². The third-order valence-corrected chi connectivity index (χ3v) is 5.84. The Labute approximate surface area is 206 Å². The van der Waals surface area contributed by atoms with Gasteiger partial charge in [-0.2, -0.15) is 5.10 Å². The van der Waals surface area contributed by atoms with Crippen molar-refractivity contribution >= 4 is 23.1 Å². The van der Waals surface area contributed by atoms with Gasteiger partial charge >= 0.3 is 0 Å². The molecule has 0 bridgehead atoms. The molecule has 34 heavy (non-hydrogen) atoms. The average Bonchev–Trinajstić information content (AvgIpc) is 3.40. The number of pyridine rings is 1. The Morgan fingerprint density at radius 2 is 1.85 bits per heavy atom. The SMILES string of the molecule is C=CN.CC.CC(C)Cn1cc(C2CCC(Nc3cccc4nc(C(F)F)cn34)CC2)c(Cl)n1. The van der Waals surface area contributed by atoms with Gasteiger partial charge in [0.2, 0.25) is 0 Å². The Bertz CT molecular complexity index is 1020. The Morgan fingerprint density at radius 3 is 2.44 bits per heavy atom. The summed E-state index contributed by atoms with van der Waals surface area (Å²) in [6.45, 7) is 12.3. The van der Waals surface area contributed by atoms with Crippen LogP contribution in [-0.2, 0) is 6.54 Å². The molecule has 0 saturated heterocycles. The lowest BCUT2D eigenvalue weighted by atomic mass is 9.83. The molecule has 1 aliphatic rings. The number of rotatable bonds is 6. The first kappa shape index (κ1) is 27.6. The minimum Gasteiger partial charge on any atom is -0.405 e. The van der Waals surface area contributed by atoms with E-state index in [9.17, 15) is 8.78 Å². The van der Waals surface area contributed by atoms with E-state index in [4.69, 9.17) is 11.6 Å². The molecule has 1 aliphatic carbocycles. The van der Waals surface area contributed by atoms with Crippen molar-refractivity contribution in [2.45, 2.75) is 78.3 Å². The number of anilines is 1. The van der Waals surface area contributed by atoms with Crippen molar-refractivity contribution in [3.05, 3.63) is 59.8 Å². The first-order chi connectivity index (χ1) is 16.3. The van der Waals surface area contributed by atoms with Gasteiger partial charge in [-0.3, -0.25) is 9.08 Å². The van der Waals surface area contributed by atoms with E-state index < -0.39 is 6.43 Å². The monoisotopic (exact) mass is 494 g/mol. The summed E-state index contributed by atoms with van der Waals surface area (Å²) in [7, 11) is 0. The molecule has 188 valence electrons. The standard InChI is InChI=1S/C21H26ClF2N5.C2H5N.C2H6/c1-13(2)10-28-11-16(20(22)27-28)14-6-8-15(9-7-14)25-18-4-3-5-19-26-17(21(23)24)12-29(18)19;1-2-3;1-2/h3-5,11-15,21,25H,6-10H2,1-2H3;2H,1,3H2;1-2H3. The number of nitrogens with one attached hydrogen (secondary N) is 1. The molecular weight excluding hydrogens is 458 g/mol. The summed E-state index contributed by atoms with van der Waals surface area (Å²) >= 11 is 6.40. The van der Waals surface area contributed by atoms with Crippen LogP contribution >= 0.6 is 11.6 Å². The van der Waals surface area contributed by atoms with Crippen molar-refractivity contribution in [1.29, 1.82) is 0 Å². The second-order valence-corrected chi connectivity index (χ2v) is 8.88. The highest BCUT2D eigenvalue weighted by atomic mass is 35.5. The average molecular weight is 495 g/mol. The minimum atomic E-state index is -2.57. The molecule has 3 aromatic heterocycles. The van der Waals surface area contributed by atoms with Gasteiger partial charge in [0.15, 0.2) is 5.15 Å². The van der Waals surface area contributed by atoms with Gasteiger partial charge in [0.05, 0.1) is 0 Å². The molecule has 1 fully saturated rings. The van der Waals surface area contributed by atoms with E-state index >= 15 is 0 Å². The topological polar surface area (TPSA) is 73.2 Å². The third-order valence-electron chi connectivity index (χ3n) is 5.55. The molecule has 3 N–H and O–H groups in total. The normalized spacial score (nSPS) is 17.7. The zero-order valence-electron chi connectivity index (χ0n) is 20.5. The Hall–Kier alpha value is -2.61. The van der Waals surface area contributed by atoms with E-state index in [-0.39, 0.29) is 5.69 Å². The largest absolute Gasteiger partial charge is 0.405 e. The number of hydrogen-bond donors (Lipinski definition) is 2. The van der Waals surface area contributed by atoms with Gasteiger partial charge in [0, 0.05) is 30.5 Å². The molecule has 0 atom stereocenters. The molecule has 6 nitrogen and oxygen atoms in total. The fourth-order valence-corrected chi connectivity index (χ4v) is 4.47. The maximum Gasteiger partial charge on any atom is 0.281 e. The van der Waals surface area contributed by atoms with Gasteiger partial charge < -0.3 is 11.1 Å². The lowest BCUT2D eigenvalue weighted by Crippen LogP contribution is -2.26. The second kappa shape index (κ2) is 13.3. The highest BCUT2D eigenvalue weighted by molar-refractivity contribution is 6.30. The van der Waals surface area contributed by atoms with Crippen molar-refractivity contribution in [3.8, 4) is 0 Å². The minimum absolute atomic E-state index is 0.198. The van der Waals surface area contributed by atoms with Crippen LogP contribution in [0.4, 0.5) is 14.6 Å². The van der Waals surface area contributed by atoms with E-state index in [0.29, 0.717) is 28.7 Å². The molecule has 3 aromatic rings. The van der Waals surface area contributed by atoms with Crippen molar-refractivity contribution in [1.82, 2.24) is 19.2 Å². The van der Waals surface area contributed by atoms with E-state index in [1.807, 2.05) is 30.7 Å². The first-order valence-electron chi connectivity index (χ1n) is 11.9. The maximum absolute atomic E-state index is 13.0. The van der Waals surface area contributed by atoms with Crippen LogP contribution in [0.25, 0.3) is 5.65 Å². The number of aromatic nitrogens is 4. The number of nitrogens with zero attached hydrogens (tertiary/aromatic N) is 4. The number of halogens is 3. The van der Waals surface area contributed by atoms with E-state index in [1.54, 1.807) is 10.5 Å². The van der Waals surface area contributed by atoms with Crippen molar-refractivity contribution in [2.75, 3.05) is 5.32 Å². The lowest BCUT2D eigenvalue weighted by molar-refractivity contribution is 0.147. The first-order valence-corrected chi connectivity index (χ1v) is 12.3. The molecule has 3 heterocycles. The van der Waals surface area contributed by atoms with Crippen LogP contribution in [0.15, 0.2) is 43.4 Å². The zero-order valence-corrected chi connectivity index (χ0v) is 21.3. The summed E-state index contributed by atoms with van der Waals surface area (Å²) in [5.41, 5.74) is 6.09. The molecule has 0 radical (unpaired) electrons. The molecule has 1 saturated carbocycles. The Balaban J connectivity index is 0.000000758. The van der Waals surface area contributed by atoms with Gasteiger partial charge in [-0.15, -0.1) is 0 Å². The third kappa shape index (κ3) is 7.19. The lowest BCUT2D eigenvalue weighted by Gasteiger charge is -2.29. The van der Waals surface area contributed by atoms with Crippen LogP contribution in [0.3, 0.4) is 0 Å². The highest BCUT2D eigenvalue weighted by Gasteiger charge is 2.26. The van der Waals surface area contributed by atoms with E-state index in [0.717, 1.165) is 43.6 Å². The number of imidazole rings is 1. The van der Waals surface area contributed by atoms with E-state index in [1.165, 1.54) is 12.4 Å². The number of nitrogens with two attached hydrogens (primary N) is 1. The molecule has 0 amide bonds. The van der Waals surface area contributed by atoms with Gasteiger partial charge in [0.25, 0.3) is 6.43 Å². The molecule has 0 unspecified atom stereocenters. The summed E-state index contributed by atoms with van der Waals surface area (Å²) in [6, 6.07) is 5.78. The number of fused-ring (bicyclic) bond motifs is 1. The van der Waals surface area contributed by atoms with Crippen molar-refractivity contribution in [3.63, 3.8) is 0 Å². The fraction of sp³-hybridized carbons (Fsp3) is 0.520. The summed E-state index contributed by atoms with van der Waals surface area (Å²) in [4.78, 5) is 4.00. The number of hydrogen-bond acceptors (Lipinski definition) is 4. The fourth-order valence-electron chi connectivity index (χ4n) is 4.16. The van der Waals surface area contributed by atoms with Crippen LogP contribution in [0.1, 0.15) is 77.0 Å². The van der Waals surface area contributed by atoms with Crippen molar-refractivity contribution < 1.29 is 8.78 Å². The zero-order chi connectivity index (χ0) is 25.3. The Morgan fingerprint density at radius 1 is 1.21 bits per heavy atom. The predicted molar refractivity (Wildman–Crippen MR) is 137 cm³/mol. The van der Waals surface area contributed by atoms with Crippen molar-refractivity contribution in [2.24, 2.45) is 11.7 Å². The predicted octanol–water partition coefficient (Wildman–Crippen LogP) is 7.03. The van der Waals surface area contributed by atoms with E-state index in [2.05, 4.69) is 47.8 Å². The summed E-state index contributed by atoms with van der Waals surface area (Å²) in [5, 5.41) is 8.59. The summed E-state index contributed by atoms with van der Waals surface area (Å²) in [6.07, 6.45) is 6.21. The quantitative estimate of drug-likeness (QED) is 0.385. The van der Waals surface area contributed by atoms with Crippen LogP contribution in [0.2, 0.25) is 5.15 Å². The summed E-state index contributed by atoms with van der Waals surface area (Å²) in [5.74, 6) is 1.74. The summed E-state index contributed by atoms with van der Waals surface area (Å²) < 4.78 is 29.6. The molecule has 0 aliphatic heterocycles. The van der Waals surface area contributed by atoms with Gasteiger partial charge in [-0.25, -0.2) is 13.8 Å².